The average Bonchev–Trinajstić information content (AvgIpc) is 2.80. The van der Waals surface area contributed by atoms with Gasteiger partial charge >= 0.3 is 6.03 Å². The van der Waals surface area contributed by atoms with Gasteiger partial charge in [0, 0.05) is 64.4 Å². The van der Waals surface area contributed by atoms with E-state index in [4.69, 9.17) is 9.47 Å². The largest absolute Gasteiger partial charge is 0.487 e. The molecule has 3 heterocycles. The van der Waals surface area contributed by atoms with Crippen LogP contribution in [0.5, 0.6) is 5.75 Å². The molecule has 2 fully saturated rings. The minimum Gasteiger partial charge on any atom is -0.487 e. The molecule has 0 radical (unpaired) electrons. The average molecular weight is 430 g/mol. The van der Waals surface area contributed by atoms with Crippen molar-refractivity contribution in [2.24, 2.45) is 0 Å². The summed E-state index contributed by atoms with van der Waals surface area (Å²) < 4.78 is 11.9. The van der Waals surface area contributed by atoms with Crippen LogP contribution in [0.25, 0.3) is 0 Å². The van der Waals surface area contributed by atoms with Crippen molar-refractivity contribution in [2.45, 2.75) is 51.0 Å². The zero-order valence-corrected chi connectivity index (χ0v) is 18.8. The van der Waals surface area contributed by atoms with Crippen molar-refractivity contribution in [3.05, 3.63) is 29.8 Å². The second-order valence-electron chi connectivity index (χ2n) is 8.86. The quantitative estimate of drug-likeness (QED) is 0.738. The van der Waals surface area contributed by atoms with Gasteiger partial charge in [-0.05, 0) is 31.9 Å². The summed E-state index contributed by atoms with van der Waals surface area (Å²) in [5, 5.41) is 0. The Balaban J connectivity index is 1.46. The summed E-state index contributed by atoms with van der Waals surface area (Å²) in [5.74, 6) is 1.26. The molecule has 31 heavy (non-hydrogen) atoms. The second-order valence-corrected chi connectivity index (χ2v) is 8.86. The van der Waals surface area contributed by atoms with Crippen LogP contribution in [0.1, 0.15) is 51.0 Å². The molecule has 1 aromatic rings. The molecule has 4 rings (SSSR count). The molecule has 0 saturated carbocycles. The molecule has 0 N–H and O–H groups in total. The molecule has 0 aliphatic carbocycles. The highest BCUT2D eigenvalue weighted by Crippen LogP contribution is 2.46. The summed E-state index contributed by atoms with van der Waals surface area (Å²) in [4.78, 5) is 31.5. The van der Waals surface area contributed by atoms with E-state index in [1.165, 1.54) is 0 Å². The van der Waals surface area contributed by atoms with Gasteiger partial charge in [-0.25, -0.2) is 4.79 Å². The standard InChI is InChI=1S/C24H35N3O4/c1-3-25(4-2)22(28)17-19-18-24(31-21-8-6-5-7-20(19)21)9-11-26(12-10-24)23(29)27-13-15-30-16-14-27/h5-8,19H,3-4,9-18H2,1-2H3. The van der Waals surface area contributed by atoms with Crippen molar-refractivity contribution < 1.29 is 19.1 Å². The van der Waals surface area contributed by atoms with E-state index in [0.29, 0.717) is 45.8 Å². The molecule has 0 aromatic heterocycles. The van der Waals surface area contributed by atoms with Crippen LogP contribution in [-0.2, 0) is 9.53 Å². The Labute approximate surface area is 185 Å². The molecule has 3 amide bonds. The molecule has 1 atom stereocenters. The molecule has 7 nitrogen and oxygen atoms in total. The van der Waals surface area contributed by atoms with Crippen LogP contribution in [0, 0.1) is 0 Å². The molecule has 3 aliphatic rings. The van der Waals surface area contributed by atoms with Crippen molar-refractivity contribution >= 4 is 11.9 Å². The van der Waals surface area contributed by atoms with Crippen molar-refractivity contribution in [3.63, 3.8) is 0 Å². The van der Waals surface area contributed by atoms with E-state index < -0.39 is 0 Å². The van der Waals surface area contributed by atoms with Gasteiger partial charge in [0.2, 0.25) is 5.91 Å². The third-order valence-corrected chi connectivity index (χ3v) is 7.07. The van der Waals surface area contributed by atoms with Gasteiger partial charge in [0.1, 0.15) is 11.4 Å². The van der Waals surface area contributed by atoms with Gasteiger partial charge in [0.25, 0.3) is 0 Å². The van der Waals surface area contributed by atoms with Crippen LogP contribution < -0.4 is 4.74 Å². The van der Waals surface area contributed by atoms with Crippen molar-refractivity contribution in [1.29, 1.82) is 0 Å². The zero-order valence-electron chi connectivity index (χ0n) is 18.8. The van der Waals surface area contributed by atoms with Gasteiger partial charge in [-0.1, -0.05) is 18.2 Å². The van der Waals surface area contributed by atoms with Crippen molar-refractivity contribution in [2.75, 3.05) is 52.5 Å². The monoisotopic (exact) mass is 429 g/mol. The number of fused-ring (bicyclic) bond motifs is 1. The molecular formula is C24H35N3O4. The van der Waals surface area contributed by atoms with Crippen LogP contribution in [0.15, 0.2) is 24.3 Å². The number of urea groups is 1. The van der Waals surface area contributed by atoms with Crippen LogP contribution in [0.4, 0.5) is 4.79 Å². The number of rotatable bonds is 4. The Morgan fingerprint density at radius 3 is 2.35 bits per heavy atom. The first-order chi connectivity index (χ1) is 15.0. The van der Waals surface area contributed by atoms with Crippen molar-refractivity contribution in [1.82, 2.24) is 14.7 Å². The first kappa shape index (κ1) is 21.9. The molecule has 2 saturated heterocycles. The normalized spacial score (nSPS) is 22.6. The Kier molecular flexibility index (Phi) is 6.70. The number of carbonyl (C=O) groups is 2. The number of amides is 3. The Hall–Kier alpha value is -2.28. The lowest BCUT2D eigenvalue weighted by Crippen LogP contribution is -2.55. The Morgan fingerprint density at radius 1 is 1.03 bits per heavy atom. The third kappa shape index (κ3) is 4.66. The Bertz CT molecular complexity index is 781. The van der Waals surface area contributed by atoms with E-state index in [2.05, 4.69) is 6.07 Å². The number of likely N-dealkylation sites (tertiary alicyclic amines) is 1. The molecule has 1 unspecified atom stereocenters. The minimum atomic E-state index is -0.301. The first-order valence-electron chi connectivity index (χ1n) is 11.7. The summed E-state index contributed by atoms with van der Waals surface area (Å²) in [6.45, 7) is 9.49. The maximum atomic E-state index is 12.9. The summed E-state index contributed by atoms with van der Waals surface area (Å²) in [5.41, 5.74) is 0.838. The number of ether oxygens (including phenoxy) is 2. The van der Waals surface area contributed by atoms with Gasteiger partial charge < -0.3 is 24.2 Å². The summed E-state index contributed by atoms with van der Waals surface area (Å²) in [7, 11) is 0. The number of piperidine rings is 1. The van der Waals surface area contributed by atoms with Gasteiger partial charge in [0.15, 0.2) is 0 Å². The highest BCUT2D eigenvalue weighted by molar-refractivity contribution is 5.77. The Morgan fingerprint density at radius 2 is 1.68 bits per heavy atom. The van der Waals surface area contributed by atoms with Crippen LogP contribution >= 0.6 is 0 Å². The van der Waals surface area contributed by atoms with Gasteiger partial charge in [0.05, 0.1) is 13.2 Å². The predicted octanol–water partition coefficient (Wildman–Crippen LogP) is 3.10. The van der Waals surface area contributed by atoms with Gasteiger partial charge in [-0.2, -0.15) is 0 Å². The molecule has 0 bridgehead atoms. The highest BCUT2D eigenvalue weighted by atomic mass is 16.5. The fourth-order valence-electron chi connectivity index (χ4n) is 5.21. The maximum absolute atomic E-state index is 12.9. The van der Waals surface area contributed by atoms with E-state index in [9.17, 15) is 9.59 Å². The molecule has 170 valence electrons. The van der Waals surface area contributed by atoms with E-state index in [1.54, 1.807) is 0 Å². The third-order valence-electron chi connectivity index (χ3n) is 7.07. The summed E-state index contributed by atoms with van der Waals surface area (Å²) in [6.07, 6.45) is 2.94. The number of para-hydroxylation sites is 1. The van der Waals surface area contributed by atoms with E-state index in [1.807, 2.05) is 46.7 Å². The van der Waals surface area contributed by atoms with E-state index in [0.717, 1.165) is 43.7 Å². The van der Waals surface area contributed by atoms with Crippen LogP contribution in [0.2, 0.25) is 0 Å². The number of hydrogen-bond donors (Lipinski definition) is 0. The number of hydrogen-bond acceptors (Lipinski definition) is 4. The summed E-state index contributed by atoms with van der Waals surface area (Å²) in [6, 6.07) is 8.26. The molecule has 1 aromatic carbocycles. The number of nitrogens with zero attached hydrogens (tertiary/aromatic N) is 3. The fourth-order valence-corrected chi connectivity index (χ4v) is 5.21. The number of benzene rings is 1. The van der Waals surface area contributed by atoms with E-state index >= 15 is 0 Å². The summed E-state index contributed by atoms with van der Waals surface area (Å²) >= 11 is 0. The highest BCUT2D eigenvalue weighted by Gasteiger charge is 2.45. The minimum absolute atomic E-state index is 0.114. The van der Waals surface area contributed by atoms with Crippen LogP contribution in [-0.4, -0.2) is 84.7 Å². The van der Waals surface area contributed by atoms with Gasteiger partial charge in [-0.3, -0.25) is 4.79 Å². The zero-order chi connectivity index (χ0) is 21.8. The van der Waals surface area contributed by atoms with Crippen LogP contribution in [0.3, 0.4) is 0 Å². The fraction of sp³-hybridized carbons (Fsp3) is 0.667. The molecular weight excluding hydrogens is 394 g/mol. The predicted molar refractivity (Wildman–Crippen MR) is 118 cm³/mol. The smallest absolute Gasteiger partial charge is 0.320 e. The lowest BCUT2D eigenvalue weighted by Gasteiger charge is -2.47. The lowest BCUT2D eigenvalue weighted by molar-refractivity contribution is -0.131. The topological polar surface area (TPSA) is 62.3 Å². The van der Waals surface area contributed by atoms with Gasteiger partial charge in [-0.15, -0.1) is 0 Å². The lowest BCUT2D eigenvalue weighted by atomic mass is 9.76. The second kappa shape index (κ2) is 9.47. The van der Waals surface area contributed by atoms with Crippen molar-refractivity contribution in [3.8, 4) is 5.75 Å². The van der Waals surface area contributed by atoms with E-state index in [-0.39, 0.29) is 23.5 Å². The molecule has 7 heteroatoms. The SMILES string of the molecule is CCN(CC)C(=O)CC1CC2(CCN(C(=O)N3CCOCC3)CC2)Oc2ccccc21. The molecule has 3 aliphatic heterocycles. The maximum Gasteiger partial charge on any atom is 0.320 e. The first-order valence-corrected chi connectivity index (χ1v) is 11.7. The number of carbonyl (C=O) groups excluding carboxylic acids is 2. The number of morpholine rings is 1. The molecule has 1 spiro atoms.